The summed E-state index contributed by atoms with van der Waals surface area (Å²) in [4.78, 5) is 0. The normalized spacial score (nSPS) is 10.8. The Balaban J connectivity index is 2.56. The van der Waals surface area contributed by atoms with Gasteiger partial charge in [-0.3, -0.25) is 0 Å². The van der Waals surface area contributed by atoms with E-state index in [9.17, 15) is 8.42 Å². The van der Waals surface area contributed by atoms with Crippen molar-refractivity contribution in [2.24, 2.45) is 0 Å². The molecule has 0 radical (unpaired) electrons. The molecule has 0 amide bonds. The Morgan fingerprint density at radius 1 is 1.21 bits per heavy atom. The van der Waals surface area contributed by atoms with E-state index in [1.54, 1.807) is 6.92 Å². The molecule has 3 N–H and O–H groups in total. The Hall–Kier alpha value is -1.39. The van der Waals surface area contributed by atoms with Gasteiger partial charge in [0.25, 0.3) is 10.2 Å². The second-order valence-electron chi connectivity index (χ2n) is 3.79. The van der Waals surface area contributed by atoms with Crippen molar-refractivity contribution in [3.63, 3.8) is 0 Å². The van der Waals surface area contributed by atoms with Gasteiger partial charge >= 0.3 is 0 Å². The van der Waals surface area contributed by atoms with Crippen molar-refractivity contribution in [2.75, 3.05) is 13.2 Å². The standard InChI is InChI=1S/C13H18N2O3S/c1-2-14-19(17,18)15-11-13-8-6-12(7-9-13)5-3-4-10-16/h6-9,14-16H,2,4,10-11H2,1H3. The lowest BCUT2D eigenvalue weighted by Gasteiger charge is -2.06. The average Bonchev–Trinajstić information content (AvgIpc) is 2.38. The van der Waals surface area contributed by atoms with Crippen LogP contribution in [0.5, 0.6) is 0 Å². The average molecular weight is 282 g/mol. The zero-order valence-corrected chi connectivity index (χ0v) is 11.6. The van der Waals surface area contributed by atoms with E-state index >= 15 is 0 Å². The fraction of sp³-hybridized carbons (Fsp3) is 0.385. The predicted molar refractivity (Wildman–Crippen MR) is 74.5 cm³/mol. The lowest BCUT2D eigenvalue weighted by molar-refractivity contribution is 0.305. The first-order valence-corrected chi connectivity index (χ1v) is 7.48. The Bertz CT molecular complexity index is 541. The highest BCUT2D eigenvalue weighted by atomic mass is 32.2. The number of benzene rings is 1. The van der Waals surface area contributed by atoms with Crippen LogP contribution in [0.25, 0.3) is 0 Å². The molecule has 0 fully saturated rings. The molecule has 1 aromatic rings. The van der Waals surface area contributed by atoms with E-state index < -0.39 is 10.2 Å². The lowest BCUT2D eigenvalue weighted by atomic mass is 10.1. The zero-order chi connectivity index (χ0) is 14.1. The summed E-state index contributed by atoms with van der Waals surface area (Å²) in [5.41, 5.74) is 1.70. The number of hydrogen-bond donors (Lipinski definition) is 3. The molecule has 0 saturated carbocycles. The molecule has 0 aliphatic carbocycles. The molecule has 0 unspecified atom stereocenters. The third kappa shape index (κ3) is 6.36. The highest BCUT2D eigenvalue weighted by molar-refractivity contribution is 7.87. The SMILES string of the molecule is CCNS(=O)(=O)NCc1ccc(C#CCCO)cc1. The monoisotopic (exact) mass is 282 g/mol. The van der Waals surface area contributed by atoms with Crippen molar-refractivity contribution in [3.05, 3.63) is 35.4 Å². The fourth-order valence-corrected chi connectivity index (χ4v) is 2.18. The maximum atomic E-state index is 11.4. The molecule has 5 nitrogen and oxygen atoms in total. The first-order chi connectivity index (χ1) is 9.07. The number of aliphatic hydroxyl groups is 1. The van der Waals surface area contributed by atoms with Gasteiger partial charge in [0.05, 0.1) is 6.61 Å². The second-order valence-corrected chi connectivity index (χ2v) is 5.38. The number of aliphatic hydroxyl groups excluding tert-OH is 1. The lowest BCUT2D eigenvalue weighted by Crippen LogP contribution is -2.35. The molecule has 6 heteroatoms. The van der Waals surface area contributed by atoms with Crippen molar-refractivity contribution in [1.82, 2.24) is 9.44 Å². The first kappa shape index (κ1) is 15.7. The molecule has 104 valence electrons. The molecule has 0 spiro atoms. The second kappa shape index (κ2) is 7.92. The third-order valence-corrected chi connectivity index (χ3v) is 3.42. The minimum Gasteiger partial charge on any atom is -0.395 e. The summed E-state index contributed by atoms with van der Waals surface area (Å²) in [6.45, 7) is 2.37. The predicted octanol–water partition coefficient (Wildman–Crippen LogP) is 0.364. The number of hydrogen-bond acceptors (Lipinski definition) is 3. The van der Waals surface area contributed by atoms with E-state index in [1.807, 2.05) is 24.3 Å². The topological polar surface area (TPSA) is 78.4 Å². The molecular weight excluding hydrogens is 264 g/mol. The highest BCUT2D eigenvalue weighted by Crippen LogP contribution is 2.03. The van der Waals surface area contributed by atoms with Crippen LogP contribution in [0.2, 0.25) is 0 Å². The summed E-state index contributed by atoms with van der Waals surface area (Å²) in [7, 11) is -3.41. The Morgan fingerprint density at radius 2 is 1.89 bits per heavy atom. The van der Waals surface area contributed by atoms with Crippen molar-refractivity contribution < 1.29 is 13.5 Å². The molecule has 0 saturated heterocycles. The largest absolute Gasteiger partial charge is 0.395 e. The van der Waals surface area contributed by atoms with Crippen molar-refractivity contribution in [2.45, 2.75) is 19.9 Å². The van der Waals surface area contributed by atoms with Crippen molar-refractivity contribution in [3.8, 4) is 11.8 Å². The summed E-state index contributed by atoms with van der Waals surface area (Å²) in [5.74, 6) is 5.73. The molecule has 0 aromatic heterocycles. The van der Waals surface area contributed by atoms with Crippen LogP contribution in [0.3, 0.4) is 0 Å². The van der Waals surface area contributed by atoms with E-state index in [2.05, 4.69) is 21.3 Å². The Morgan fingerprint density at radius 3 is 2.47 bits per heavy atom. The minimum atomic E-state index is -3.41. The van der Waals surface area contributed by atoms with E-state index in [0.29, 0.717) is 13.0 Å². The molecule has 0 aliphatic rings. The molecule has 0 heterocycles. The maximum absolute atomic E-state index is 11.4. The van der Waals surface area contributed by atoms with Gasteiger partial charge in [-0.25, -0.2) is 4.72 Å². The Kier molecular flexibility index (Phi) is 6.53. The third-order valence-electron chi connectivity index (χ3n) is 2.22. The van der Waals surface area contributed by atoms with E-state index in [1.165, 1.54) is 0 Å². The van der Waals surface area contributed by atoms with Gasteiger partial charge in [-0.1, -0.05) is 30.9 Å². The van der Waals surface area contributed by atoms with Crippen LogP contribution in [0, 0.1) is 11.8 Å². The van der Waals surface area contributed by atoms with E-state index in [0.717, 1.165) is 11.1 Å². The summed E-state index contributed by atoms with van der Waals surface area (Å²) < 4.78 is 27.5. The zero-order valence-electron chi connectivity index (χ0n) is 10.8. The van der Waals surface area contributed by atoms with Gasteiger partial charge < -0.3 is 5.11 Å². The maximum Gasteiger partial charge on any atom is 0.277 e. The van der Waals surface area contributed by atoms with Gasteiger partial charge in [0.1, 0.15) is 0 Å². The highest BCUT2D eigenvalue weighted by Gasteiger charge is 2.06. The van der Waals surface area contributed by atoms with Crippen LogP contribution in [0.1, 0.15) is 24.5 Å². The van der Waals surface area contributed by atoms with Crippen molar-refractivity contribution in [1.29, 1.82) is 0 Å². The first-order valence-electron chi connectivity index (χ1n) is 6.00. The molecule has 1 aromatic carbocycles. The van der Waals surface area contributed by atoms with Crippen LogP contribution in [-0.2, 0) is 16.8 Å². The number of nitrogens with one attached hydrogen (secondary N) is 2. The quantitative estimate of drug-likeness (QED) is 0.659. The van der Waals surface area contributed by atoms with Gasteiger partial charge in [-0.2, -0.15) is 13.1 Å². The van der Waals surface area contributed by atoms with Crippen LogP contribution < -0.4 is 9.44 Å². The van der Waals surface area contributed by atoms with Crippen LogP contribution in [0.4, 0.5) is 0 Å². The summed E-state index contributed by atoms with van der Waals surface area (Å²) in [6, 6.07) is 7.28. The molecule has 1 rings (SSSR count). The summed E-state index contributed by atoms with van der Waals surface area (Å²) >= 11 is 0. The van der Waals surface area contributed by atoms with Gasteiger partial charge in [0.2, 0.25) is 0 Å². The molecule has 0 atom stereocenters. The van der Waals surface area contributed by atoms with Crippen LogP contribution in [0.15, 0.2) is 24.3 Å². The van der Waals surface area contributed by atoms with Crippen molar-refractivity contribution >= 4 is 10.2 Å². The van der Waals surface area contributed by atoms with Gasteiger partial charge in [-0.15, -0.1) is 0 Å². The van der Waals surface area contributed by atoms with E-state index in [4.69, 9.17) is 5.11 Å². The number of rotatable bonds is 6. The summed E-state index contributed by atoms with van der Waals surface area (Å²) in [6.07, 6.45) is 0.449. The molecular formula is C13H18N2O3S. The van der Waals surface area contributed by atoms with Crippen LogP contribution >= 0.6 is 0 Å². The van der Waals surface area contributed by atoms with Gasteiger partial charge in [0, 0.05) is 25.1 Å². The van der Waals surface area contributed by atoms with Gasteiger partial charge in [0.15, 0.2) is 0 Å². The van der Waals surface area contributed by atoms with Gasteiger partial charge in [-0.05, 0) is 17.7 Å². The smallest absolute Gasteiger partial charge is 0.277 e. The molecule has 0 bridgehead atoms. The molecule has 19 heavy (non-hydrogen) atoms. The van der Waals surface area contributed by atoms with E-state index in [-0.39, 0.29) is 13.2 Å². The Labute approximate surface area is 114 Å². The molecule has 0 aliphatic heterocycles. The minimum absolute atomic E-state index is 0.0529. The van der Waals surface area contributed by atoms with Crippen LogP contribution in [-0.4, -0.2) is 26.7 Å². The summed E-state index contributed by atoms with van der Waals surface area (Å²) in [5, 5.41) is 8.60. The fourth-order valence-electron chi connectivity index (χ4n) is 1.35.